The van der Waals surface area contributed by atoms with Crippen molar-refractivity contribution in [2.75, 3.05) is 13.2 Å². The van der Waals surface area contributed by atoms with Crippen molar-refractivity contribution in [1.29, 1.82) is 0 Å². The summed E-state index contributed by atoms with van der Waals surface area (Å²) in [7, 11) is 0. The van der Waals surface area contributed by atoms with E-state index in [4.69, 9.17) is 4.74 Å². The van der Waals surface area contributed by atoms with Crippen molar-refractivity contribution in [3.05, 3.63) is 53.3 Å². The van der Waals surface area contributed by atoms with E-state index in [1.54, 1.807) is 4.68 Å². The van der Waals surface area contributed by atoms with Crippen LogP contribution in [-0.4, -0.2) is 39.9 Å². The maximum atomic E-state index is 12.8. The van der Waals surface area contributed by atoms with Gasteiger partial charge in [-0.15, -0.1) is 0 Å². The van der Waals surface area contributed by atoms with Gasteiger partial charge in [0.1, 0.15) is 0 Å². The topological polar surface area (TPSA) is 69.0 Å². The normalized spacial score (nSPS) is 16.9. The highest BCUT2D eigenvalue weighted by atomic mass is 16.5. The van der Waals surface area contributed by atoms with Crippen LogP contribution in [-0.2, 0) is 4.74 Å². The third kappa shape index (κ3) is 3.08. The first-order valence-corrected chi connectivity index (χ1v) is 8.95. The molecule has 0 radical (unpaired) electrons. The van der Waals surface area contributed by atoms with E-state index in [1.165, 1.54) is 0 Å². The lowest BCUT2D eigenvalue weighted by molar-refractivity contribution is 0.0859. The number of aromatic nitrogens is 3. The average molecular weight is 350 g/mol. The first kappa shape index (κ1) is 16.7. The van der Waals surface area contributed by atoms with Crippen LogP contribution < -0.4 is 5.32 Å². The van der Waals surface area contributed by atoms with Gasteiger partial charge < -0.3 is 10.1 Å². The smallest absolute Gasteiger partial charge is 0.252 e. The van der Waals surface area contributed by atoms with Crippen LogP contribution in [0.5, 0.6) is 0 Å². The number of benzene rings is 1. The Kier molecular flexibility index (Phi) is 4.42. The summed E-state index contributed by atoms with van der Waals surface area (Å²) in [6.07, 6.45) is 2.17. The molecule has 0 saturated carbocycles. The predicted octanol–water partition coefficient (Wildman–Crippen LogP) is 2.95. The number of nitrogens with zero attached hydrogens (tertiary/aromatic N) is 3. The Morgan fingerprint density at radius 1 is 1.31 bits per heavy atom. The number of amides is 1. The molecule has 1 N–H and O–H groups in total. The summed E-state index contributed by atoms with van der Waals surface area (Å²) >= 11 is 0. The van der Waals surface area contributed by atoms with Gasteiger partial charge in [-0.2, -0.15) is 5.10 Å². The van der Waals surface area contributed by atoms with E-state index in [9.17, 15) is 4.79 Å². The molecule has 0 unspecified atom stereocenters. The molecule has 1 aliphatic rings. The number of para-hydroxylation sites is 1. The van der Waals surface area contributed by atoms with Crippen molar-refractivity contribution in [3.63, 3.8) is 0 Å². The lowest BCUT2D eigenvalue weighted by atomic mass is 10.1. The number of rotatable bonds is 4. The SMILES string of the molecule is Cc1cc(C(=O)NC[C@@H]2CCCO2)c2c(C)nn(-c3ccccc3)c2n1. The van der Waals surface area contributed by atoms with Crippen LogP contribution in [0.25, 0.3) is 16.7 Å². The molecule has 1 fully saturated rings. The summed E-state index contributed by atoms with van der Waals surface area (Å²) in [6.45, 7) is 5.12. The Balaban J connectivity index is 1.73. The Morgan fingerprint density at radius 3 is 2.85 bits per heavy atom. The van der Waals surface area contributed by atoms with Gasteiger partial charge >= 0.3 is 0 Å². The summed E-state index contributed by atoms with van der Waals surface area (Å²) in [5.41, 5.74) is 3.83. The number of hydrogen-bond acceptors (Lipinski definition) is 4. The van der Waals surface area contributed by atoms with Crippen molar-refractivity contribution >= 4 is 16.9 Å². The maximum Gasteiger partial charge on any atom is 0.252 e. The fourth-order valence-corrected chi connectivity index (χ4v) is 3.45. The van der Waals surface area contributed by atoms with E-state index in [-0.39, 0.29) is 12.0 Å². The molecule has 2 aromatic heterocycles. The maximum absolute atomic E-state index is 12.8. The Bertz CT molecular complexity index is 943. The fraction of sp³-hybridized carbons (Fsp3) is 0.350. The fourth-order valence-electron chi connectivity index (χ4n) is 3.45. The van der Waals surface area contributed by atoms with Crippen LogP contribution in [0.4, 0.5) is 0 Å². The molecular formula is C20H22N4O2. The third-order valence-corrected chi connectivity index (χ3v) is 4.70. The van der Waals surface area contributed by atoms with E-state index in [0.717, 1.165) is 41.9 Å². The van der Waals surface area contributed by atoms with Gasteiger partial charge in [0.2, 0.25) is 0 Å². The van der Waals surface area contributed by atoms with E-state index < -0.39 is 0 Å². The Hall–Kier alpha value is -2.73. The van der Waals surface area contributed by atoms with Gasteiger partial charge in [-0.1, -0.05) is 18.2 Å². The molecule has 3 heterocycles. The van der Waals surface area contributed by atoms with Crippen LogP contribution in [0, 0.1) is 13.8 Å². The first-order valence-electron chi connectivity index (χ1n) is 8.95. The van der Waals surface area contributed by atoms with Crippen molar-refractivity contribution in [3.8, 4) is 5.69 Å². The van der Waals surface area contributed by atoms with E-state index in [2.05, 4.69) is 15.4 Å². The molecule has 1 amide bonds. The lowest BCUT2D eigenvalue weighted by Crippen LogP contribution is -2.32. The van der Waals surface area contributed by atoms with Crippen LogP contribution in [0.15, 0.2) is 36.4 Å². The van der Waals surface area contributed by atoms with Crippen LogP contribution in [0.2, 0.25) is 0 Å². The molecule has 1 atom stereocenters. The highest BCUT2D eigenvalue weighted by Crippen LogP contribution is 2.25. The number of aryl methyl sites for hydroxylation is 2. The van der Waals surface area contributed by atoms with E-state index in [1.807, 2.05) is 50.2 Å². The summed E-state index contributed by atoms with van der Waals surface area (Å²) in [6, 6.07) is 11.7. The number of carbonyl (C=O) groups is 1. The van der Waals surface area contributed by atoms with Gasteiger partial charge in [-0.3, -0.25) is 4.79 Å². The largest absolute Gasteiger partial charge is 0.376 e. The van der Waals surface area contributed by atoms with Crippen LogP contribution in [0.3, 0.4) is 0 Å². The molecule has 26 heavy (non-hydrogen) atoms. The Morgan fingerprint density at radius 2 is 2.12 bits per heavy atom. The molecule has 0 aliphatic carbocycles. The molecule has 1 aliphatic heterocycles. The number of fused-ring (bicyclic) bond motifs is 1. The second-order valence-electron chi connectivity index (χ2n) is 6.69. The highest BCUT2D eigenvalue weighted by Gasteiger charge is 2.21. The number of carbonyl (C=O) groups excluding carboxylic acids is 1. The zero-order valence-electron chi connectivity index (χ0n) is 15.0. The molecule has 6 heteroatoms. The van der Waals surface area contributed by atoms with Gasteiger partial charge in [-0.05, 0) is 44.9 Å². The summed E-state index contributed by atoms with van der Waals surface area (Å²) in [5, 5.41) is 8.43. The van der Waals surface area contributed by atoms with Gasteiger partial charge in [0, 0.05) is 18.8 Å². The molecule has 134 valence electrons. The molecule has 4 rings (SSSR count). The first-order chi connectivity index (χ1) is 12.6. The number of hydrogen-bond donors (Lipinski definition) is 1. The molecule has 0 spiro atoms. The molecule has 1 saturated heterocycles. The number of pyridine rings is 1. The second kappa shape index (κ2) is 6.88. The number of nitrogens with one attached hydrogen (secondary N) is 1. The van der Waals surface area contributed by atoms with Gasteiger partial charge in [-0.25, -0.2) is 9.67 Å². The van der Waals surface area contributed by atoms with Crippen molar-refractivity contribution in [2.24, 2.45) is 0 Å². The molecule has 3 aromatic rings. The zero-order chi connectivity index (χ0) is 18.1. The van der Waals surface area contributed by atoms with Crippen LogP contribution in [0.1, 0.15) is 34.6 Å². The Labute approximate surface area is 152 Å². The summed E-state index contributed by atoms with van der Waals surface area (Å²) < 4.78 is 7.39. The monoisotopic (exact) mass is 350 g/mol. The standard InChI is InChI=1S/C20H22N4O2/c1-13-11-17(20(25)21-12-16-9-6-10-26-16)18-14(2)23-24(19(18)22-13)15-7-4-3-5-8-15/h3-5,7-8,11,16H,6,9-10,12H2,1-2H3,(H,21,25)/t16-/m0/s1. The summed E-state index contributed by atoms with van der Waals surface area (Å²) in [5.74, 6) is -0.105. The lowest BCUT2D eigenvalue weighted by Gasteiger charge is -2.12. The minimum Gasteiger partial charge on any atom is -0.376 e. The van der Waals surface area contributed by atoms with Crippen molar-refractivity contribution in [1.82, 2.24) is 20.1 Å². The quantitative estimate of drug-likeness (QED) is 0.785. The average Bonchev–Trinajstić information content (AvgIpc) is 3.28. The minimum atomic E-state index is -0.105. The van der Waals surface area contributed by atoms with E-state index >= 15 is 0 Å². The molecule has 1 aromatic carbocycles. The highest BCUT2D eigenvalue weighted by molar-refractivity contribution is 6.06. The zero-order valence-corrected chi connectivity index (χ0v) is 15.0. The van der Waals surface area contributed by atoms with Crippen molar-refractivity contribution in [2.45, 2.75) is 32.8 Å². The minimum absolute atomic E-state index is 0.105. The van der Waals surface area contributed by atoms with E-state index in [0.29, 0.717) is 17.8 Å². The second-order valence-corrected chi connectivity index (χ2v) is 6.69. The van der Waals surface area contributed by atoms with Crippen molar-refractivity contribution < 1.29 is 9.53 Å². The molecular weight excluding hydrogens is 328 g/mol. The number of ether oxygens (including phenoxy) is 1. The van der Waals surface area contributed by atoms with Crippen LogP contribution >= 0.6 is 0 Å². The molecule has 0 bridgehead atoms. The summed E-state index contributed by atoms with van der Waals surface area (Å²) in [4.78, 5) is 17.5. The van der Waals surface area contributed by atoms with Gasteiger partial charge in [0.15, 0.2) is 5.65 Å². The third-order valence-electron chi connectivity index (χ3n) is 4.70. The predicted molar refractivity (Wildman–Crippen MR) is 99.6 cm³/mol. The van der Waals surface area contributed by atoms with Gasteiger partial charge in [0.25, 0.3) is 5.91 Å². The molecule has 6 nitrogen and oxygen atoms in total. The van der Waals surface area contributed by atoms with Gasteiger partial charge in [0.05, 0.1) is 28.4 Å².